The van der Waals surface area contributed by atoms with Crippen LogP contribution in [0.4, 0.5) is 11.5 Å². The van der Waals surface area contributed by atoms with Crippen LogP contribution in [-0.4, -0.2) is 9.91 Å². The van der Waals surface area contributed by atoms with Gasteiger partial charge >= 0.3 is 5.69 Å². The lowest BCUT2D eigenvalue weighted by Gasteiger charge is -2.18. The van der Waals surface area contributed by atoms with Crippen molar-refractivity contribution in [3.05, 3.63) is 62.8 Å². The van der Waals surface area contributed by atoms with Gasteiger partial charge < -0.3 is 5.32 Å². The van der Waals surface area contributed by atoms with E-state index in [2.05, 4.69) is 30.2 Å². The Hall–Kier alpha value is -2.43. The lowest BCUT2D eigenvalue weighted by atomic mass is 9.98. The molecule has 0 saturated carbocycles. The molecule has 1 heterocycles. The lowest BCUT2D eigenvalue weighted by Crippen LogP contribution is -2.12. The zero-order chi connectivity index (χ0) is 15.6. The summed E-state index contributed by atoms with van der Waals surface area (Å²) >= 11 is 0. The molecule has 2 rings (SSSR count). The summed E-state index contributed by atoms with van der Waals surface area (Å²) in [6.45, 7) is 7.81. The van der Waals surface area contributed by atoms with Crippen LogP contribution in [0.5, 0.6) is 0 Å². The average molecular weight is 285 g/mol. The third kappa shape index (κ3) is 3.02. The number of hydrogen-bond acceptors (Lipinski definition) is 4. The molecular weight excluding hydrogens is 266 g/mol. The van der Waals surface area contributed by atoms with Gasteiger partial charge in [-0.3, -0.25) is 10.1 Å². The van der Waals surface area contributed by atoms with Crippen LogP contribution in [0.3, 0.4) is 0 Å². The predicted molar refractivity (Wildman–Crippen MR) is 83.6 cm³/mol. The molecule has 1 atom stereocenters. The van der Waals surface area contributed by atoms with E-state index in [1.54, 1.807) is 19.2 Å². The number of pyridine rings is 1. The van der Waals surface area contributed by atoms with Crippen molar-refractivity contribution in [2.24, 2.45) is 0 Å². The van der Waals surface area contributed by atoms with Crippen LogP contribution in [0.25, 0.3) is 0 Å². The molecule has 1 N–H and O–H groups in total. The summed E-state index contributed by atoms with van der Waals surface area (Å²) in [6, 6.07) is 7.67. The van der Waals surface area contributed by atoms with E-state index in [1.807, 2.05) is 19.1 Å². The molecule has 1 unspecified atom stereocenters. The summed E-state index contributed by atoms with van der Waals surface area (Å²) in [5, 5.41) is 14.4. The Balaban J connectivity index is 2.36. The molecule has 0 aliphatic heterocycles. The van der Waals surface area contributed by atoms with E-state index in [0.29, 0.717) is 11.4 Å². The third-order valence-electron chi connectivity index (χ3n) is 3.77. The Labute approximate surface area is 124 Å². The van der Waals surface area contributed by atoms with E-state index in [-0.39, 0.29) is 16.7 Å². The second-order valence-electron chi connectivity index (χ2n) is 5.24. The van der Waals surface area contributed by atoms with E-state index in [9.17, 15) is 10.1 Å². The summed E-state index contributed by atoms with van der Waals surface area (Å²) in [5.74, 6) is 0.313. The fourth-order valence-electron chi connectivity index (χ4n) is 2.41. The van der Waals surface area contributed by atoms with Gasteiger partial charge in [0.05, 0.1) is 11.0 Å². The maximum absolute atomic E-state index is 11.2. The van der Waals surface area contributed by atoms with Gasteiger partial charge in [-0.15, -0.1) is 0 Å². The van der Waals surface area contributed by atoms with Gasteiger partial charge in [0.2, 0.25) is 5.82 Å². The molecule has 0 spiro atoms. The molecule has 21 heavy (non-hydrogen) atoms. The topological polar surface area (TPSA) is 68.1 Å². The Morgan fingerprint density at radius 3 is 2.57 bits per heavy atom. The summed E-state index contributed by atoms with van der Waals surface area (Å²) in [5.41, 5.74) is 4.15. The van der Waals surface area contributed by atoms with E-state index < -0.39 is 0 Å². The number of nitrogens with zero attached hydrogens (tertiary/aromatic N) is 2. The summed E-state index contributed by atoms with van der Waals surface area (Å²) in [6.07, 6.45) is 1.58. The molecule has 110 valence electrons. The van der Waals surface area contributed by atoms with Crippen LogP contribution < -0.4 is 5.32 Å². The smallest absolute Gasteiger partial charge is 0.314 e. The minimum Gasteiger partial charge on any atom is -0.358 e. The van der Waals surface area contributed by atoms with E-state index >= 15 is 0 Å². The van der Waals surface area contributed by atoms with Crippen LogP contribution in [0.15, 0.2) is 30.5 Å². The molecule has 0 bridgehead atoms. The lowest BCUT2D eigenvalue weighted by molar-refractivity contribution is -0.384. The van der Waals surface area contributed by atoms with Gasteiger partial charge in [-0.05, 0) is 50.5 Å². The molecular formula is C16H19N3O2. The average Bonchev–Trinajstić information content (AvgIpc) is 2.41. The number of rotatable bonds is 4. The first-order chi connectivity index (χ1) is 9.91. The first-order valence-electron chi connectivity index (χ1n) is 6.84. The molecule has 5 heteroatoms. The van der Waals surface area contributed by atoms with Crippen molar-refractivity contribution in [2.45, 2.75) is 33.7 Å². The zero-order valence-corrected chi connectivity index (χ0v) is 12.7. The predicted octanol–water partition coefficient (Wildman–Crippen LogP) is 4.09. The third-order valence-corrected chi connectivity index (χ3v) is 3.77. The number of anilines is 1. The second kappa shape index (κ2) is 5.91. The highest BCUT2D eigenvalue weighted by Crippen LogP contribution is 2.30. The van der Waals surface area contributed by atoms with E-state index in [0.717, 1.165) is 5.56 Å². The van der Waals surface area contributed by atoms with Crippen LogP contribution in [-0.2, 0) is 0 Å². The zero-order valence-electron chi connectivity index (χ0n) is 12.7. The van der Waals surface area contributed by atoms with Crippen LogP contribution >= 0.6 is 0 Å². The number of nitrogens with one attached hydrogen (secondary N) is 1. The molecule has 1 aromatic carbocycles. The van der Waals surface area contributed by atoms with Gasteiger partial charge in [0, 0.05) is 11.8 Å². The highest BCUT2D eigenvalue weighted by atomic mass is 16.6. The Kier molecular flexibility index (Phi) is 4.21. The highest BCUT2D eigenvalue weighted by molar-refractivity contribution is 5.60. The minimum atomic E-state index is -0.388. The van der Waals surface area contributed by atoms with Gasteiger partial charge in [-0.25, -0.2) is 4.98 Å². The molecule has 0 radical (unpaired) electrons. The van der Waals surface area contributed by atoms with E-state index in [1.165, 1.54) is 11.1 Å². The molecule has 0 saturated heterocycles. The molecule has 1 aromatic heterocycles. The Bertz CT molecular complexity index is 683. The van der Waals surface area contributed by atoms with Crippen molar-refractivity contribution >= 4 is 11.5 Å². The number of hydrogen-bond donors (Lipinski definition) is 1. The largest absolute Gasteiger partial charge is 0.358 e. The number of benzene rings is 1. The number of aryl methyl sites for hydroxylation is 2. The maximum Gasteiger partial charge on any atom is 0.314 e. The van der Waals surface area contributed by atoms with Crippen molar-refractivity contribution in [3.8, 4) is 0 Å². The molecule has 0 amide bonds. The fraction of sp³-hybridized carbons (Fsp3) is 0.312. The first-order valence-corrected chi connectivity index (χ1v) is 6.84. The van der Waals surface area contributed by atoms with Gasteiger partial charge in [-0.2, -0.15) is 0 Å². The van der Waals surface area contributed by atoms with Crippen molar-refractivity contribution in [2.75, 3.05) is 5.32 Å². The van der Waals surface area contributed by atoms with Crippen molar-refractivity contribution in [3.63, 3.8) is 0 Å². The standard InChI is InChI=1S/C16H19N3O2/c1-10-6-5-7-14(12(10)3)13(4)18-16-15(19(20)21)11(2)8-9-17-16/h5-9,13H,1-4H3,(H,17,18). The summed E-state index contributed by atoms with van der Waals surface area (Å²) < 4.78 is 0. The number of nitro groups is 1. The first kappa shape index (κ1) is 15.0. The Morgan fingerprint density at radius 1 is 1.19 bits per heavy atom. The number of aromatic nitrogens is 1. The second-order valence-corrected chi connectivity index (χ2v) is 5.24. The van der Waals surface area contributed by atoms with Gasteiger partial charge in [-0.1, -0.05) is 18.2 Å². The van der Waals surface area contributed by atoms with Crippen LogP contribution in [0.2, 0.25) is 0 Å². The van der Waals surface area contributed by atoms with Gasteiger partial charge in [0.25, 0.3) is 0 Å². The molecule has 0 fully saturated rings. The van der Waals surface area contributed by atoms with Crippen molar-refractivity contribution in [1.29, 1.82) is 0 Å². The highest BCUT2D eigenvalue weighted by Gasteiger charge is 2.20. The van der Waals surface area contributed by atoms with E-state index in [4.69, 9.17) is 0 Å². The monoisotopic (exact) mass is 285 g/mol. The maximum atomic E-state index is 11.2. The van der Waals surface area contributed by atoms with Crippen LogP contribution in [0, 0.1) is 30.9 Å². The van der Waals surface area contributed by atoms with Crippen molar-refractivity contribution in [1.82, 2.24) is 4.98 Å². The molecule has 0 aliphatic carbocycles. The summed E-state index contributed by atoms with van der Waals surface area (Å²) in [4.78, 5) is 14.9. The fourth-order valence-corrected chi connectivity index (χ4v) is 2.41. The van der Waals surface area contributed by atoms with Gasteiger partial charge in [0.1, 0.15) is 0 Å². The minimum absolute atomic E-state index is 0.0367. The van der Waals surface area contributed by atoms with Crippen molar-refractivity contribution < 1.29 is 4.92 Å². The normalized spacial score (nSPS) is 12.0. The SMILES string of the molecule is Cc1cccc(C(C)Nc2nccc(C)c2[N+](=O)[O-])c1C. The molecule has 0 aliphatic rings. The Morgan fingerprint density at radius 2 is 1.90 bits per heavy atom. The molecule has 5 nitrogen and oxygen atoms in total. The quantitative estimate of drug-likeness (QED) is 0.678. The van der Waals surface area contributed by atoms with Gasteiger partial charge in [0.15, 0.2) is 0 Å². The van der Waals surface area contributed by atoms with Crippen LogP contribution in [0.1, 0.15) is 35.2 Å². The molecule has 2 aromatic rings. The summed E-state index contributed by atoms with van der Waals surface area (Å²) in [7, 11) is 0.